The SMILES string of the molecule is COCCNC(=O)c1cnc(N)c2c(COc3cccc(C(=O)Nc4ccc(Cl)cc4)c3)csc12. The van der Waals surface area contributed by atoms with E-state index in [9.17, 15) is 9.59 Å². The summed E-state index contributed by atoms with van der Waals surface area (Å²) >= 11 is 7.30. The van der Waals surface area contributed by atoms with Crippen molar-refractivity contribution in [3.8, 4) is 5.75 Å². The largest absolute Gasteiger partial charge is 0.489 e. The van der Waals surface area contributed by atoms with E-state index < -0.39 is 0 Å². The number of carbonyl (C=O) groups is 2. The van der Waals surface area contributed by atoms with E-state index in [0.29, 0.717) is 51.9 Å². The number of anilines is 2. The molecule has 0 fully saturated rings. The van der Waals surface area contributed by atoms with E-state index >= 15 is 0 Å². The number of aromatic nitrogens is 1. The minimum absolute atomic E-state index is 0.197. The molecule has 4 rings (SSSR count). The molecule has 0 bridgehead atoms. The van der Waals surface area contributed by atoms with Crippen molar-refractivity contribution in [1.29, 1.82) is 0 Å². The first-order chi connectivity index (χ1) is 17.0. The summed E-state index contributed by atoms with van der Waals surface area (Å²) < 4.78 is 11.7. The van der Waals surface area contributed by atoms with Gasteiger partial charge in [-0.2, -0.15) is 0 Å². The standard InChI is InChI=1S/C25H23ClN4O4S/c1-33-10-9-28-25(32)20-12-29-23(27)21-16(14-35-22(20)21)13-34-19-4-2-3-15(11-19)24(31)30-18-7-5-17(26)6-8-18/h2-8,11-12,14H,9-10,13H2,1H3,(H2,27,29)(H,28,32)(H,30,31). The number of nitrogen functional groups attached to an aromatic ring is 1. The number of pyridine rings is 1. The minimum atomic E-state index is -0.267. The van der Waals surface area contributed by atoms with Gasteiger partial charge in [-0.3, -0.25) is 9.59 Å². The number of methoxy groups -OCH3 is 1. The molecule has 0 saturated carbocycles. The number of thiophene rings is 1. The predicted octanol–water partition coefficient (Wildman–Crippen LogP) is 4.74. The monoisotopic (exact) mass is 510 g/mol. The summed E-state index contributed by atoms with van der Waals surface area (Å²) in [5, 5.41) is 8.80. The Morgan fingerprint density at radius 1 is 1.14 bits per heavy atom. The van der Waals surface area contributed by atoms with Gasteiger partial charge >= 0.3 is 0 Å². The lowest BCUT2D eigenvalue weighted by Crippen LogP contribution is -2.27. The van der Waals surface area contributed by atoms with E-state index in [0.717, 1.165) is 10.3 Å². The van der Waals surface area contributed by atoms with Crippen LogP contribution in [0.1, 0.15) is 26.3 Å². The number of rotatable bonds is 9. The number of hydrogen-bond donors (Lipinski definition) is 3. The number of amides is 2. The van der Waals surface area contributed by atoms with Crippen molar-refractivity contribution in [2.45, 2.75) is 6.61 Å². The highest BCUT2D eigenvalue weighted by Gasteiger charge is 2.18. The van der Waals surface area contributed by atoms with Crippen LogP contribution in [0.15, 0.2) is 60.1 Å². The number of benzene rings is 2. The summed E-state index contributed by atoms with van der Waals surface area (Å²) in [7, 11) is 1.57. The van der Waals surface area contributed by atoms with Crippen LogP contribution in [0.2, 0.25) is 5.02 Å². The van der Waals surface area contributed by atoms with Crippen molar-refractivity contribution >= 4 is 56.3 Å². The zero-order valence-electron chi connectivity index (χ0n) is 18.8. The van der Waals surface area contributed by atoms with E-state index in [1.54, 1.807) is 55.6 Å². The quantitative estimate of drug-likeness (QED) is 0.280. The Morgan fingerprint density at radius 3 is 2.71 bits per heavy atom. The van der Waals surface area contributed by atoms with Crippen LogP contribution in [0.4, 0.5) is 11.5 Å². The molecule has 180 valence electrons. The number of nitrogens with two attached hydrogens (primary N) is 1. The molecule has 35 heavy (non-hydrogen) atoms. The molecule has 4 N–H and O–H groups in total. The Hall–Kier alpha value is -3.66. The van der Waals surface area contributed by atoms with Gasteiger partial charge < -0.3 is 25.8 Å². The van der Waals surface area contributed by atoms with E-state index in [-0.39, 0.29) is 18.4 Å². The van der Waals surface area contributed by atoms with Crippen LogP contribution < -0.4 is 21.1 Å². The van der Waals surface area contributed by atoms with Crippen LogP contribution >= 0.6 is 22.9 Å². The molecule has 0 aliphatic carbocycles. The minimum Gasteiger partial charge on any atom is -0.489 e. The number of hydrogen-bond acceptors (Lipinski definition) is 7. The van der Waals surface area contributed by atoms with E-state index in [2.05, 4.69) is 15.6 Å². The van der Waals surface area contributed by atoms with Crippen molar-refractivity contribution in [2.75, 3.05) is 31.3 Å². The van der Waals surface area contributed by atoms with Gasteiger partial charge in [-0.25, -0.2) is 4.98 Å². The summed E-state index contributed by atoms with van der Waals surface area (Å²) in [6.07, 6.45) is 1.48. The van der Waals surface area contributed by atoms with Crippen molar-refractivity contribution < 1.29 is 19.1 Å². The molecule has 0 saturated heterocycles. The van der Waals surface area contributed by atoms with Crippen LogP contribution in [-0.4, -0.2) is 37.1 Å². The number of halogens is 1. The van der Waals surface area contributed by atoms with Crippen molar-refractivity contribution in [2.24, 2.45) is 0 Å². The zero-order chi connectivity index (χ0) is 24.8. The van der Waals surface area contributed by atoms with Gasteiger partial charge in [-0.1, -0.05) is 17.7 Å². The molecule has 10 heteroatoms. The molecular formula is C25H23ClN4O4S. The van der Waals surface area contributed by atoms with Gasteiger partial charge in [-0.15, -0.1) is 11.3 Å². The third-order valence-electron chi connectivity index (χ3n) is 5.13. The summed E-state index contributed by atoms with van der Waals surface area (Å²) in [6.45, 7) is 1.00. The molecule has 0 radical (unpaired) electrons. The first kappa shape index (κ1) is 24.5. The second-order valence-corrected chi connectivity index (χ2v) is 8.86. The maximum atomic E-state index is 12.6. The van der Waals surface area contributed by atoms with Crippen LogP contribution in [0.3, 0.4) is 0 Å². The zero-order valence-corrected chi connectivity index (χ0v) is 20.4. The topological polar surface area (TPSA) is 116 Å². The second kappa shape index (κ2) is 11.2. The van der Waals surface area contributed by atoms with Crippen molar-refractivity contribution in [3.63, 3.8) is 0 Å². The highest BCUT2D eigenvalue weighted by atomic mass is 35.5. The fourth-order valence-corrected chi connectivity index (χ4v) is 4.58. The van der Waals surface area contributed by atoms with Gasteiger partial charge in [0.05, 0.1) is 16.9 Å². The fraction of sp³-hybridized carbons (Fsp3) is 0.160. The fourth-order valence-electron chi connectivity index (χ4n) is 3.38. The molecule has 0 aliphatic heterocycles. The Kier molecular flexibility index (Phi) is 7.81. The third kappa shape index (κ3) is 5.89. The van der Waals surface area contributed by atoms with E-state index in [4.69, 9.17) is 26.8 Å². The first-order valence-electron chi connectivity index (χ1n) is 10.7. The van der Waals surface area contributed by atoms with Crippen LogP contribution in [0, 0.1) is 0 Å². The summed E-state index contributed by atoms with van der Waals surface area (Å²) in [6, 6.07) is 13.7. The lowest BCUT2D eigenvalue weighted by molar-refractivity contribution is 0.0938. The van der Waals surface area contributed by atoms with Gasteiger partial charge in [0, 0.05) is 47.1 Å². The molecule has 2 amide bonds. The van der Waals surface area contributed by atoms with Gasteiger partial charge in [-0.05, 0) is 47.8 Å². The molecule has 2 heterocycles. The highest BCUT2D eigenvalue weighted by molar-refractivity contribution is 7.17. The maximum absolute atomic E-state index is 12.6. The van der Waals surface area contributed by atoms with Gasteiger partial charge in [0.1, 0.15) is 18.2 Å². The van der Waals surface area contributed by atoms with Crippen LogP contribution in [-0.2, 0) is 11.3 Å². The average Bonchev–Trinajstić information content (AvgIpc) is 3.29. The summed E-state index contributed by atoms with van der Waals surface area (Å²) in [5.41, 5.74) is 8.47. The average molecular weight is 511 g/mol. The lowest BCUT2D eigenvalue weighted by Gasteiger charge is -2.10. The van der Waals surface area contributed by atoms with Gasteiger partial charge in [0.25, 0.3) is 11.8 Å². The Bertz CT molecular complexity index is 1360. The number of carbonyl (C=O) groups excluding carboxylic acids is 2. The second-order valence-electron chi connectivity index (χ2n) is 7.55. The highest BCUT2D eigenvalue weighted by Crippen LogP contribution is 2.33. The number of nitrogens with one attached hydrogen (secondary N) is 2. The molecule has 0 atom stereocenters. The lowest BCUT2D eigenvalue weighted by atomic mass is 10.1. The van der Waals surface area contributed by atoms with Crippen LogP contribution in [0.5, 0.6) is 5.75 Å². The van der Waals surface area contributed by atoms with Crippen molar-refractivity contribution in [1.82, 2.24) is 10.3 Å². The number of nitrogens with zero attached hydrogens (tertiary/aromatic N) is 1. The Balaban J connectivity index is 1.48. The predicted molar refractivity (Wildman–Crippen MR) is 138 cm³/mol. The van der Waals surface area contributed by atoms with Crippen LogP contribution in [0.25, 0.3) is 10.1 Å². The maximum Gasteiger partial charge on any atom is 0.255 e. The summed E-state index contributed by atoms with van der Waals surface area (Å²) in [5.74, 6) is 0.335. The molecule has 0 unspecified atom stereocenters. The number of fused-ring (bicyclic) bond motifs is 1. The Morgan fingerprint density at radius 2 is 1.94 bits per heavy atom. The first-order valence-corrected chi connectivity index (χ1v) is 11.9. The van der Waals surface area contributed by atoms with Crippen molar-refractivity contribution in [3.05, 3.63) is 81.8 Å². The summed E-state index contributed by atoms with van der Waals surface area (Å²) in [4.78, 5) is 29.4. The van der Waals surface area contributed by atoms with E-state index in [1.807, 2.05) is 5.38 Å². The normalized spacial score (nSPS) is 10.8. The molecule has 2 aromatic heterocycles. The van der Waals surface area contributed by atoms with E-state index in [1.165, 1.54) is 17.5 Å². The molecule has 8 nitrogen and oxygen atoms in total. The molecule has 0 aliphatic rings. The van der Waals surface area contributed by atoms with Gasteiger partial charge in [0.15, 0.2) is 0 Å². The molecular weight excluding hydrogens is 488 g/mol. The smallest absolute Gasteiger partial charge is 0.255 e. The molecule has 0 spiro atoms. The Labute approximate surface area is 211 Å². The molecule has 4 aromatic rings. The molecule has 2 aromatic carbocycles. The third-order valence-corrected chi connectivity index (χ3v) is 6.44. The van der Waals surface area contributed by atoms with Gasteiger partial charge in [0.2, 0.25) is 0 Å². The number of ether oxygens (including phenoxy) is 2.